The van der Waals surface area contributed by atoms with Crippen LogP contribution in [-0.4, -0.2) is 43.0 Å². The molecule has 0 aromatic heterocycles. The van der Waals surface area contributed by atoms with Gasteiger partial charge in [0.1, 0.15) is 17.5 Å². The summed E-state index contributed by atoms with van der Waals surface area (Å²) in [6.07, 6.45) is 0.821. The van der Waals surface area contributed by atoms with E-state index in [9.17, 15) is 9.59 Å². The predicted molar refractivity (Wildman–Crippen MR) is 113 cm³/mol. The molecule has 156 valence electrons. The maximum absolute atomic E-state index is 12.9. The number of hydrogen-bond acceptors (Lipinski definition) is 4. The van der Waals surface area contributed by atoms with Gasteiger partial charge in [0.05, 0.1) is 7.11 Å². The molecule has 1 atom stereocenters. The summed E-state index contributed by atoms with van der Waals surface area (Å²) < 4.78 is 10.8. The van der Waals surface area contributed by atoms with E-state index in [1.807, 2.05) is 31.2 Å². The van der Waals surface area contributed by atoms with E-state index >= 15 is 0 Å². The smallest absolute Gasteiger partial charge is 0.261 e. The van der Waals surface area contributed by atoms with Crippen LogP contribution in [0.3, 0.4) is 0 Å². The van der Waals surface area contributed by atoms with E-state index in [0.717, 1.165) is 12.0 Å². The minimum atomic E-state index is -0.644. The van der Waals surface area contributed by atoms with Crippen molar-refractivity contribution >= 4 is 23.4 Å². The molecular weight excluding hydrogens is 392 g/mol. The Kier molecular flexibility index (Phi) is 8.80. The Morgan fingerprint density at radius 2 is 1.86 bits per heavy atom. The van der Waals surface area contributed by atoms with Gasteiger partial charge in [-0.2, -0.15) is 0 Å². The first-order valence-electron chi connectivity index (χ1n) is 9.53. The highest BCUT2D eigenvalue weighted by Gasteiger charge is 2.26. The molecule has 0 saturated heterocycles. The van der Waals surface area contributed by atoms with Gasteiger partial charge >= 0.3 is 0 Å². The van der Waals surface area contributed by atoms with Gasteiger partial charge in [-0.1, -0.05) is 30.7 Å². The number of carbonyl (C=O) groups is 2. The number of nitrogens with zero attached hydrogens (tertiary/aromatic N) is 1. The van der Waals surface area contributed by atoms with Gasteiger partial charge in [0, 0.05) is 18.1 Å². The van der Waals surface area contributed by atoms with Crippen LogP contribution >= 0.6 is 11.6 Å². The van der Waals surface area contributed by atoms with Crippen molar-refractivity contribution in [2.24, 2.45) is 0 Å². The molecule has 29 heavy (non-hydrogen) atoms. The quantitative estimate of drug-likeness (QED) is 0.639. The van der Waals surface area contributed by atoms with Crippen molar-refractivity contribution in [1.29, 1.82) is 0 Å². The number of nitrogens with one attached hydrogen (secondary N) is 1. The minimum absolute atomic E-state index is 0.184. The molecule has 0 aliphatic rings. The van der Waals surface area contributed by atoms with Crippen molar-refractivity contribution in [3.8, 4) is 11.5 Å². The second-order valence-electron chi connectivity index (χ2n) is 6.58. The van der Waals surface area contributed by atoms with E-state index in [4.69, 9.17) is 21.1 Å². The maximum Gasteiger partial charge on any atom is 0.261 e. The normalized spacial score (nSPS) is 11.4. The SMILES string of the molecule is CCCNC(=O)[C@H](C)N(Cc1cccc(OC)c1)C(=O)COc1ccc(Cl)cc1. The van der Waals surface area contributed by atoms with Gasteiger partial charge in [-0.25, -0.2) is 0 Å². The third kappa shape index (κ3) is 6.98. The van der Waals surface area contributed by atoms with E-state index < -0.39 is 6.04 Å². The average Bonchev–Trinajstić information content (AvgIpc) is 2.74. The van der Waals surface area contributed by atoms with Crippen molar-refractivity contribution in [3.63, 3.8) is 0 Å². The largest absolute Gasteiger partial charge is 0.497 e. The molecule has 2 rings (SSSR count). The third-order valence-corrected chi connectivity index (χ3v) is 4.63. The number of carbonyl (C=O) groups excluding carboxylic acids is 2. The lowest BCUT2D eigenvalue weighted by Crippen LogP contribution is -2.49. The summed E-state index contributed by atoms with van der Waals surface area (Å²) in [5.74, 6) is 0.735. The molecule has 7 heteroatoms. The fraction of sp³-hybridized carbons (Fsp3) is 0.364. The zero-order valence-electron chi connectivity index (χ0n) is 17.0. The number of ether oxygens (including phenoxy) is 2. The summed E-state index contributed by atoms with van der Waals surface area (Å²) in [6.45, 7) is 4.33. The molecule has 0 aliphatic carbocycles. The zero-order valence-corrected chi connectivity index (χ0v) is 17.7. The number of methoxy groups -OCH3 is 1. The van der Waals surface area contributed by atoms with Gasteiger partial charge in [0.25, 0.3) is 5.91 Å². The van der Waals surface area contributed by atoms with Gasteiger partial charge in [-0.15, -0.1) is 0 Å². The highest BCUT2D eigenvalue weighted by Crippen LogP contribution is 2.18. The van der Waals surface area contributed by atoms with Gasteiger partial charge in [-0.3, -0.25) is 9.59 Å². The van der Waals surface area contributed by atoms with E-state index in [0.29, 0.717) is 23.1 Å². The molecule has 6 nitrogen and oxygen atoms in total. The molecule has 1 N–H and O–H groups in total. The Labute approximate surface area is 176 Å². The fourth-order valence-electron chi connectivity index (χ4n) is 2.70. The molecule has 0 radical (unpaired) electrons. The molecule has 0 bridgehead atoms. The molecule has 0 spiro atoms. The lowest BCUT2D eigenvalue weighted by atomic mass is 10.1. The minimum Gasteiger partial charge on any atom is -0.497 e. The number of benzene rings is 2. The van der Waals surface area contributed by atoms with Crippen LogP contribution in [0.4, 0.5) is 0 Å². The van der Waals surface area contributed by atoms with E-state index in [-0.39, 0.29) is 25.0 Å². The Bertz CT molecular complexity index is 811. The first-order chi connectivity index (χ1) is 13.9. The van der Waals surface area contributed by atoms with E-state index in [1.165, 1.54) is 4.90 Å². The Hall–Kier alpha value is -2.73. The molecule has 2 aromatic carbocycles. The molecule has 0 unspecified atom stereocenters. The zero-order chi connectivity index (χ0) is 21.2. The Balaban J connectivity index is 2.14. The van der Waals surface area contributed by atoms with Crippen LogP contribution in [0.1, 0.15) is 25.8 Å². The van der Waals surface area contributed by atoms with Crippen LogP contribution in [-0.2, 0) is 16.1 Å². The Morgan fingerprint density at radius 1 is 1.14 bits per heavy atom. The number of halogens is 1. The summed E-state index contributed by atoms with van der Waals surface area (Å²) in [6, 6.07) is 13.5. The van der Waals surface area contributed by atoms with Crippen LogP contribution in [0.25, 0.3) is 0 Å². The molecule has 0 heterocycles. The molecule has 0 aliphatic heterocycles. The van der Waals surface area contributed by atoms with Crippen LogP contribution < -0.4 is 14.8 Å². The maximum atomic E-state index is 12.9. The highest BCUT2D eigenvalue weighted by atomic mass is 35.5. The molecule has 2 aromatic rings. The number of hydrogen-bond donors (Lipinski definition) is 1. The van der Waals surface area contributed by atoms with Crippen molar-refractivity contribution in [2.75, 3.05) is 20.3 Å². The van der Waals surface area contributed by atoms with Crippen LogP contribution in [0, 0.1) is 0 Å². The second kappa shape index (κ2) is 11.3. The van der Waals surface area contributed by atoms with Gasteiger partial charge in [0.15, 0.2) is 6.61 Å². The first kappa shape index (κ1) is 22.6. The van der Waals surface area contributed by atoms with E-state index in [1.54, 1.807) is 38.3 Å². The fourth-order valence-corrected chi connectivity index (χ4v) is 2.83. The van der Waals surface area contributed by atoms with Crippen molar-refractivity contribution in [1.82, 2.24) is 10.2 Å². The Morgan fingerprint density at radius 3 is 2.52 bits per heavy atom. The van der Waals surface area contributed by atoms with Gasteiger partial charge in [-0.05, 0) is 55.3 Å². The third-order valence-electron chi connectivity index (χ3n) is 4.38. The lowest BCUT2D eigenvalue weighted by Gasteiger charge is -2.28. The second-order valence-corrected chi connectivity index (χ2v) is 7.02. The summed E-state index contributed by atoms with van der Waals surface area (Å²) in [5.41, 5.74) is 0.860. The predicted octanol–water partition coefficient (Wildman–Crippen LogP) is 3.67. The first-order valence-corrected chi connectivity index (χ1v) is 9.90. The van der Waals surface area contributed by atoms with Crippen LogP contribution in [0.2, 0.25) is 5.02 Å². The number of amides is 2. The standard InChI is InChI=1S/C22H27ClN2O4/c1-4-12-24-22(27)16(2)25(14-17-6-5-7-20(13-17)28-3)21(26)15-29-19-10-8-18(23)9-11-19/h5-11,13,16H,4,12,14-15H2,1-3H3,(H,24,27)/t16-/m0/s1. The molecular formula is C22H27ClN2O4. The van der Waals surface area contributed by atoms with Crippen molar-refractivity contribution < 1.29 is 19.1 Å². The van der Waals surface area contributed by atoms with Crippen molar-refractivity contribution in [3.05, 3.63) is 59.1 Å². The average molecular weight is 419 g/mol. The topological polar surface area (TPSA) is 67.9 Å². The van der Waals surface area contributed by atoms with Crippen LogP contribution in [0.5, 0.6) is 11.5 Å². The van der Waals surface area contributed by atoms with Crippen LogP contribution in [0.15, 0.2) is 48.5 Å². The van der Waals surface area contributed by atoms with Gasteiger partial charge < -0.3 is 19.7 Å². The molecule has 2 amide bonds. The molecule has 0 fully saturated rings. The molecule has 0 saturated carbocycles. The summed E-state index contributed by atoms with van der Waals surface area (Å²) in [4.78, 5) is 26.9. The number of rotatable bonds is 10. The monoisotopic (exact) mass is 418 g/mol. The van der Waals surface area contributed by atoms with E-state index in [2.05, 4.69) is 5.32 Å². The van der Waals surface area contributed by atoms with Crippen molar-refractivity contribution in [2.45, 2.75) is 32.9 Å². The summed E-state index contributed by atoms with van der Waals surface area (Å²) in [5, 5.41) is 3.43. The van der Waals surface area contributed by atoms with Gasteiger partial charge in [0.2, 0.25) is 5.91 Å². The summed E-state index contributed by atoms with van der Waals surface area (Å²) in [7, 11) is 1.59. The lowest BCUT2D eigenvalue weighted by molar-refractivity contribution is -0.142. The highest BCUT2D eigenvalue weighted by molar-refractivity contribution is 6.30. The summed E-state index contributed by atoms with van der Waals surface area (Å²) >= 11 is 5.87.